The van der Waals surface area contributed by atoms with E-state index in [-0.39, 0.29) is 6.04 Å². The van der Waals surface area contributed by atoms with Gasteiger partial charge in [0, 0.05) is 36.4 Å². The van der Waals surface area contributed by atoms with Crippen LogP contribution in [-0.2, 0) is 6.42 Å². The molecule has 1 atom stereocenters. The molecule has 0 saturated carbocycles. The maximum Gasteiger partial charge on any atom is 0.213 e. The molecule has 0 aliphatic heterocycles. The fraction of sp³-hybridized carbons (Fsp3) is 0.143. The molecule has 148 valence electrons. The maximum atomic E-state index is 13.4. The molecule has 0 unspecified atom stereocenters. The zero-order valence-corrected chi connectivity index (χ0v) is 17.5. The quantitative estimate of drug-likeness (QED) is 0.368. The van der Waals surface area contributed by atoms with Crippen molar-refractivity contribution in [3.05, 3.63) is 76.4 Å². The number of aromatic nitrogens is 2. The molecule has 0 amide bonds. The van der Waals surface area contributed by atoms with E-state index in [1.807, 2.05) is 30.3 Å². The molecule has 2 aromatic heterocycles. The molecule has 2 aromatic carbocycles. The fourth-order valence-corrected chi connectivity index (χ4v) is 4.16. The van der Waals surface area contributed by atoms with Crippen molar-refractivity contribution in [2.45, 2.75) is 12.5 Å². The molecule has 4 aromatic rings. The number of anilines is 1. The Balaban J connectivity index is 1.40. The lowest BCUT2D eigenvalue weighted by Crippen LogP contribution is -2.31. The molecule has 0 aliphatic rings. The van der Waals surface area contributed by atoms with Gasteiger partial charge in [-0.25, -0.2) is 9.97 Å². The van der Waals surface area contributed by atoms with Crippen molar-refractivity contribution in [3.8, 4) is 10.4 Å². The van der Waals surface area contributed by atoms with Gasteiger partial charge < -0.3 is 11.1 Å². The molecule has 29 heavy (non-hydrogen) atoms. The fourth-order valence-electron chi connectivity index (χ4n) is 3.02. The van der Waals surface area contributed by atoms with E-state index in [1.165, 1.54) is 23.6 Å². The van der Waals surface area contributed by atoms with Crippen LogP contribution >= 0.6 is 34.5 Å². The number of hydrogen-bond acceptors (Lipinski definition) is 5. The lowest BCUT2D eigenvalue weighted by atomic mass is 10.1. The normalized spacial score (nSPS) is 12.3. The van der Waals surface area contributed by atoms with E-state index >= 15 is 0 Å². The zero-order chi connectivity index (χ0) is 20.4. The van der Waals surface area contributed by atoms with Crippen LogP contribution in [0.1, 0.15) is 5.56 Å². The number of thiazole rings is 1. The Morgan fingerprint density at radius 3 is 2.69 bits per heavy atom. The Labute approximate surface area is 181 Å². The van der Waals surface area contributed by atoms with Gasteiger partial charge >= 0.3 is 0 Å². The van der Waals surface area contributed by atoms with Crippen molar-refractivity contribution < 1.29 is 4.39 Å². The molecular formula is C21H17Cl2FN4S. The highest BCUT2D eigenvalue weighted by atomic mass is 35.5. The first kappa shape index (κ1) is 20.0. The van der Waals surface area contributed by atoms with Gasteiger partial charge in [-0.05, 0) is 41.1 Å². The molecule has 0 spiro atoms. The Morgan fingerprint density at radius 2 is 1.86 bits per heavy atom. The Kier molecular flexibility index (Phi) is 5.96. The second-order valence-corrected chi connectivity index (χ2v) is 8.54. The monoisotopic (exact) mass is 446 g/mol. The van der Waals surface area contributed by atoms with Crippen molar-refractivity contribution in [2.75, 3.05) is 11.9 Å². The second-order valence-electron chi connectivity index (χ2n) is 6.69. The predicted molar refractivity (Wildman–Crippen MR) is 119 cm³/mol. The van der Waals surface area contributed by atoms with Crippen LogP contribution in [0.5, 0.6) is 0 Å². The Morgan fingerprint density at radius 1 is 1.00 bits per heavy atom. The summed E-state index contributed by atoms with van der Waals surface area (Å²) in [7, 11) is 0. The third kappa shape index (κ3) is 4.85. The first-order chi connectivity index (χ1) is 14.0. The van der Waals surface area contributed by atoms with E-state index < -0.39 is 5.95 Å². The summed E-state index contributed by atoms with van der Waals surface area (Å²) in [5, 5.41) is 6.83. The van der Waals surface area contributed by atoms with Crippen LogP contribution in [-0.4, -0.2) is 22.6 Å². The molecule has 0 aliphatic carbocycles. The van der Waals surface area contributed by atoms with E-state index in [1.54, 1.807) is 12.3 Å². The topological polar surface area (TPSA) is 63.8 Å². The second kappa shape index (κ2) is 8.63. The number of rotatable bonds is 6. The van der Waals surface area contributed by atoms with Crippen LogP contribution in [0.4, 0.5) is 9.52 Å². The summed E-state index contributed by atoms with van der Waals surface area (Å²) in [4.78, 5) is 9.09. The summed E-state index contributed by atoms with van der Waals surface area (Å²) in [5.41, 5.74) is 8.25. The number of benzene rings is 2. The third-order valence-electron chi connectivity index (χ3n) is 4.48. The molecule has 0 saturated heterocycles. The molecule has 0 radical (unpaired) electrons. The molecule has 2 heterocycles. The molecule has 8 heteroatoms. The van der Waals surface area contributed by atoms with E-state index in [0.717, 1.165) is 31.9 Å². The maximum absolute atomic E-state index is 13.4. The number of pyridine rings is 1. The number of nitrogens with zero attached hydrogens (tertiary/aromatic N) is 2. The van der Waals surface area contributed by atoms with Gasteiger partial charge in [0.05, 0.1) is 14.9 Å². The minimum atomic E-state index is -0.489. The van der Waals surface area contributed by atoms with Gasteiger partial charge in [0.15, 0.2) is 5.13 Å². The molecule has 4 rings (SSSR count). The van der Waals surface area contributed by atoms with Crippen LogP contribution in [0.15, 0.2) is 54.9 Å². The van der Waals surface area contributed by atoms with Crippen molar-refractivity contribution >= 4 is 50.4 Å². The number of halogens is 3. The molecule has 0 bridgehead atoms. The highest BCUT2D eigenvalue weighted by molar-refractivity contribution is 7.18. The summed E-state index contributed by atoms with van der Waals surface area (Å²) in [6.45, 7) is 0.571. The minimum Gasteiger partial charge on any atom is -0.360 e. The van der Waals surface area contributed by atoms with E-state index in [2.05, 4.69) is 15.3 Å². The summed E-state index contributed by atoms with van der Waals surface area (Å²) in [6, 6.07) is 12.7. The van der Waals surface area contributed by atoms with Gasteiger partial charge in [-0.3, -0.25) is 0 Å². The van der Waals surface area contributed by atoms with Gasteiger partial charge in [-0.2, -0.15) is 4.39 Å². The predicted octanol–water partition coefficient (Wildman–Crippen LogP) is 5.79. The smallest absolute Gasteiger partial charge is 0.213 e. The average molecular weight is 447 g/mol. The van der Waals surface area contributed by atoms with Crippen LogP contribution in [0.25, 0.3) is 21.2 Å². The summed E-state index contributed by atoms with van der Waals surface area (Å²) in [6.07, 6.45) is 4.01. The number of fused-ring (bicyclic) bond motifs is 1. The first-order valence-corrected chi connectivity index (χ1v) is 10.5. The lowest BCUT2D eigenvalue weighted by molar-refractivity contribution is 0.586. The Hall–Kier alpha value is -2.25. The number of hydrogen-bond donors (Lipinski definition) is 2. The van der Waals surface area contributed by atoms with Crippen LogP contribution in [0.3, 0.4) is 0 Å². The summed E-state index contributed by atoms with van der Waals surface area (Å²) >= 11 is 13.5. The highest BCUT2D eigenvalue weighted by Gasteiger charge is 2.09. The largest absolute Gasteiger partial charge is 0.360 e. The summed E-state index contributed by atoms with van der Waals surface area (Å²) < 4.78 is 13.4. The van der Waals surface area contributed by atoms with Crippen LogP contribution in [0, 0.1) is 5.95 Å². The zero-order valence-electron chi connectivity index (χ0n) is 15.2. The van der Waals surface area contributed by atoms with Crippen LogP contribution < -0.4 is 11.1 Å². The van der Waals surface area contributed by atoms with Gasteiger partial charge in [-0.1, -0.05) is 52.7 Å². The highest BCUT2D eigenvalue weighted by Crippen LogP contribution is 2.31. The number of nitrogens with one attached hydrogen (secondary N) is 1. The Bertz CT molecular complexity index is 1160. The van der Waals surface area contributed by atoms with Gasteiger partial charge in [0.2, 0.25) is 5.95 Å². The SMILES string of the molecule is N[C@H](CNc1ncc(-c2ccc3cnc(F)cc3c2)s1)Cc1ccc(Cl)c(Cl)c1. The van der Waals surface area contributed by atoms with Gasteiger partial charge in [-0.15, -0.1) is 0 Å². The van der Waals surface area contributed by atoms with E-state index in [9.17, 15) is 4.39 Å². The van der Waals surface area contributed by atoms with Crippen molar-refractivity contribution in [2.24, 2.45) is 5.73 Å². The number of nitrogens with two attached hydrogens (primary N) is 1. The molecule has 0 fully saturated rings. The van der Waals surface area contributed by atoms with Crippen molar-refractivity contribution in [1.29, 1.82) is 0 Å². The van der Waals surface area contributed by atoms with Gasteiger partial charge in [0.25, 0.3) is 0 Å². The first-order valence-electron chi connectivity index (χ1n) is 8.93. The minimum absolute atomic E-state index is 0.101. The lowest BCUT2D eigenvalue weighted by Gasteiger charge is -2.12. The molecular weight excluding hydrogens is 430 g/mol. The van der Waals surface area contributed by atoms with Crippen molar-refractivity contribution in [3.63, 3.8) is 0 Å². The third-order valence-corrected chi connectivity index (χ3v) is 6.22. The average Bonchev–Trinajstić information content (AvgIpc) is 3.18. The van der Waals surface area contributed by atoms with E-state index in [4.69, 9.17) is 28.9 Å². The molecule has 3 N–H and O–H groups in total. The standard InChI is InChI=1S/C21H17Cl2FN4S/c22-17-4-1-12(6-18(17)23)5-16(25)10-27-21-28-11-19(29-21)13-2-3-14-9-26-20(24)8-15(14)7-13/h1-4,6-9,11,16H,5,10,25H2,(H,27,28)/t16-/m0/s1. The van der Waals surface area contributed by atoms with Gasteiger partial charge in [0.1, 0.15) is 0 Å². The molecule has 4 nitrogen and oxygen atoms in total. The summed E-state index contributed by atoms with van der Waals surface area (Å²) in [5.74, 6) is -0.489. The van der Waals surface area contributed by atoms with Crippen LogP contribution in [0.2, 0.25) is 10.0 Å². The van der Waals surface area contributed by atoms with E-state index in [0.29, 0.717) is 23.0 Å². The van der Waals surface area contributed by atoms with Crippen molar-refractivity contribution in [1.82, 2.24) is 9.97 Å².